The fourth-order valence-corrected chi connectivity index (χ4v) is 4.56. The first-order valence-corrected chi connectivity index (χ1v) is 10.7. The highest BCUT2D eigenvalue weighted by atomic mass is 79.9. The van der Waals surface area contributed by atoms with Crippen LogP contribution >= 0.6 is 50.6 Å². The van der Waals surface area contributed by atoms with Crippen molar-refractivity contribution < 1.29 is 9.59 Å². The predicted molar refractivity (Wildman–Crippen MR) is 116 cm³/mol. The first-order valence-electron chi connectivity index (χ1n) is 7.81. The van der Waals surface area contributed by atoms with Gasteiger partial charge in [0.15, 0.2) is 5.17 Å². The fourth-order valence-electron chi connectivity index (χ4n) is 2.17. The minimum absolute atomic E-state index is 0.0731. The van der Waals surface area contributed by atoms with Crippen LogP contribution in [0.25, 0.3) is 0 Å². The second-order valence-corrected chi connectivity index (χ2v) is 9.64. The molecular weight excluding hydrogens is 472 g/mol. The van der Waals surface area contributed by atoms with Gasteiger partial charge in [0.1, 0.15) is 5.25 Å². The summed E-state index contributed by atoms with van der Waals surface area (Å²) in [6.45, 7) is 1.84. The van der Waals surface area contributed by atoms with E-state index in [1.807, 2.05) is 19.1 Å². The van der Waals surface area contributed by atoms with E-state index in [2.05, 4.69) is 36.8 Å². The first kappa shape index (κ1) is 20.1. The maximum Gasteiger partial charge on any atom is 0.238 e. The summed E-state index contributed by atoms with van der Waals surface area (Å²) in [4.78, 5) is 25.4. The van der Waals surface area contributed by atoms with Crippen molar-refractivity contribution in [3.8, 4) is 0 Å². The number of thioether (sulfide) groups is 1. The van der Waals surface area contributed by atoms with Gasteiger partial charge >= 0.3 is 0 Å². The van der Waals surface area contributed by atoms with Crippen molar-refractivity contribution >= 4 is 79.0 Å². The third kappa shape index (κ3) is 5.65. The molecular formula is C17H14BrClN4O2S2. The number of amidine groups is 1. The molecule has 1 saturated heterocycles. The van der Waals surface area contributed by atoms with Gasteiger partial charge in [0.05, 0.1) is 14.4 Å². The van der Waals surface area contributed by atoms with E-state index in [9.17, 15) is 9.59 Å². The minimum Gasteiger partial charge on any atom is -0.325 e. The average Bonchev–Trinajstić information content (AvgIpc) is 3.07. The number of hydrogen-bond donors (Lipinski definition) is 2. The molecule has 6 nitrogen and oxygen atoms in total. The second kappa shape index (κ2) is 9.01. The Balaban J connectivity index is 1.68. The zero-order chi connectivity index (χ0) is 19.4. The summed E-state index contributed by atoms with van der Waals surface area (Å²) in [6, 6.07) is 10.6. The SMILES string of the molecule is C/C(=N/N=C1/NC(=O)C[C@@H](C(=O)Nc2ccc(Cl)cc2)S1)c1ccc(Br)s1. The van der Waals surface area contributed by atoms with Crippen molar-refractivity contribution in [2.45, 2.75) is 18.6 Å². The Morgan fingerprint density at radius 3 is 2.70 bits per heavy atom. The molecule has 1 fully saturated rings. The molecule has 10 heteroatoms. The molecule has 1 atom stereocenters. The van der Waals surface area contributed by atoms with E-state index in [0.717, 1.165) is 14.4 Å². The smallest absolute Gasteiger partial charge is 0.238 e. The number of benzene rings is 1. The van der Waals surface area contributed by atoms with Crippen LogP contribution in [0.1, 0.15) is 18.2 Å². The van der Waals surface area contributed by atoms with Crippen molar-refractivity contribution in [1.82, 2.24) is 5.32 Å². The molecule has 1 aromatic heterocycles. The van der Waals surface area contributed by atoms with E-state index in [-0.39, 0.29) is 18.2 Å². The first-order chi connectivity index (χ1) is 12.9. The third-order valence-corrected chi connectivity index (χ3v) is 6.55. The molecule has 3 rings (SSSR count). The Morgan fingerprint density at radius 1 is 1.30 bits per heavy atom. The van der Waals surface area contributed by atoms with Crippen molar-refractivity contribution in [2.24, 2.45) is 10.2 Å². The van der Waals surface area contributed by atoms with Crippen LogP contribution in [0.4, 0.5) is 5.69 Å². The lowest BCUT2D eigenvalue weighted by Gasteiger charge is -2.21. The standard InChI is InChI=1S/C17H14BrClN4O2S2/c1-9(12-6-7-14(18)26-12)22-23-17-21-15(24)8-13(27-17)16(25)20-11-4-2-10(19)3-5-11/h2-7,13H,8H2,1H3,(H,20,25)(H,21,23,24)/b22-9-/t13-/m0/s1. The number of carbonyl (C=O) groups is 2. The minimum atomic E-state index is -0.584. The molecule has 0 saturated carbocycles. The Labute approximate surface area is 177 Å². The van der Waals surface area contributed by atoms with Gasteiger partial charge in [-0.25, -0.2) is 0 Å². The van der Waals surface area contributed by atoms with Gasteiger partial charge in [-0.1, -0.05) is 23.4 Å². The number of rotatable bonds is 4. The Kier molecular flexibility index (Phi) is 6.69. The molecule has 0 radical (unpaired) electrons. The molecule has 0 bridgehead atoms. The highest BCUT2D eigenvalue weighted by Gasteiger charge is 2.30. The lowest BCUT2D eigenvalue weighted by Crippen LogP contribution is -2.41. The van der Waals surface area contributed by atoms with Crippen molar-refractivity contribution in [3.63, 3.8) is 0 Å². The largest absolute Gasteiger partial charge is 0.325 e. The van der Waals surface area contributed by atoms with Crippen LogP contribution in [-0.2, 0) is 9.59 Å². The number of nitrogens with one attached hydrogen (secondary N) is 2. The maximum atomic E-state index is 12.5. The third-order valence-electron chi connectivity index (χ3n) is 3.50. The zero-order valence-corrected chi connectivity index (χ0v) is 18.0. The van der Waals surface area contributed by atoms with Crippen LogP contribution in [0.15, 0.2) is 50.4 Å². The van der Waals surface area contributed by atoms with Gasteiger partial charge in [-0.2, -0.15) is 5.10 Å². The van der Waals surface area contributed by atoms with Crippen LogP contribution in [0.2, 0.25) is 5.02 Å². The number of carbonyl (C=O) groups excluding carboxylic acids is 2. The predicted octanol–water partition coefficient (Wildman–Crippen LogP) is 4.50. The van der Waals surface area contributed by atoms with Crippen LogP contribution in [0.3, 0.4) is 0 Å². The van der Waals surface area contributed by atoms with E-state index in [0.29, 0.717) is 15.9 Å². The molecule has 0 aliphatic carbocycles. The van der Waals surface area contributed by atoms with Gasteiger partial charge in [0, 0.05) is 17.1 Å². The molecule has 1 aromatic carbocycles. The van der Waals surface area contributed by atoms with E-state index in [1.165, 1.54) is 23.1 Å². The Hall–Kier alpha value is -1.68. The van der Waals surface area contributed by atoms with Crippen LogP contribution in [-0.4, -0.2) is 27.9 Å². The van der Waals surface area contributed by atoms with Gasteiger partial charge in [0.2, 0.25) is 11.8 Å². The lowest BCUT2D eigenvalue weighted by molar-refractivity contribution is -0.123. The molecule has 140 valence electrons. The van der Waals surface area contributed by atoms with Gasteiger partial charge in [0.25, 0.3) is 0 Å². The van der Waals surface area contributed by atoms with E-state index >= 15 is 0 Å². The molecule has 2 heterocycles. The Bertz CT molecular complexity index is 927. The normalized spacial score (nSPS) is 19.1. The summed E-state index contributed by atoms with van der Waals surface area (Å²) in [5.41, 5.74) is 1.34. The molecule has 0 unspecified atom stereocenters. The van der Waals surface area contributed by atoms with Gasteiger partial charge in [-0.05, 0) is 59.3 Å². The quantitative estimate of drug-likeness (QED) is 0.494. The topological polar surface area (TPSA) is 82.9 Å². The molecule has 1 aliphatic heterocycles. The summed E-state index contributed by atoms with van der Waals surface area (Å²) in [6.07, 6.45) is 0.0731. The van der Waals surface area contributed by atoms with E-state index in [4.69, 9.17) is 11.6 Å². The number of halogens is 2. The molecule has 2 amide bonds. The van der Waals surface area contributed by atoms with Gasteiger partial charge < -0.3 is 10.6 Å². The zero-order valence-electron chi connectivity index (χ0n) is 14.0. The van der Waals surface area contributed by atoms with Crippen LogP contribution in [0.5, 0.6) is 0 Å². The Morgan fingerprint density at radius 2 is 2.04 bits per heavy atom. The summed E-state index contributed by atoms with van der Waals surface area (Å²) in [5.74, 6) is -0.539. The molecule has 1 aliphatic rings. The number of nitrogens with zero attached hydrogens (tertiary/aromatic N) is 2. The highest BCUT2D eigenvalue weighted by Crippen LogP contribution is 2.24. The number of hydrogen-bond acceptors (Lipinski definition) is 6. The lowest BCUT2D eigenvalue weighted by atomic mass is 10.2. The van der Waals surface area contributed by atoms with E-state index in [1.54, 1.807) is 24.3 Å². The molecule has 27 heavy (non-hydrogen) atoms. The molecule has 2 aromatic rings. The van der Waals surface area contributed by atoms with E-state index < -0.39 is 5.25 Å². The van der Waals surface area contributed by atoms with Crippen molar-refractivity contribution in [3.05, 3.63) is 50.1 Å². The summed E-state index contributed by atoms with van der Waals surface area (Å²) in [7, 11) is 0. The average molecular weight is 486 g/mol. The number of anilines is 1. The van der Waals surface area contributed by atoms with Crippen molar-refractivity contribution in [2.75, 3.05) is 5.32 Å². The van der Waals surface area contributed by atoms with Gasteiger partial charge in [-0.3, -0.25) is 9.59 Å². The monoisotopic (exact) mass is 484 g/mol. The number of thiophene rings is 1. The summed E-state index contributed by atoms with van der Waals surface area (Å²) >= 11 is 12.0. The molecule has 0 spiro atoms. The summed E-state index contributed by atoms with van der Waals surface area (Å²) < 4.78 is 0.999. The van der Waals surface area contributed by atoms with Crippen LogP contribution < -0.4 is 10.6 Å². The second-order valence-electron chi connectivity index (χ2n) is 5.55. The van der Waals surface area contributed by atoms with Crippen molar-refractivity contribution in [1.29, 1.82) is 0 Å². The van der Waals surface area contributed by atoms with Gasteiger partial charge in [-0.15, -0.1) is 16.4 Å². The fraction of sp³-hybridized carbons (Fsp3) is 0.176. The highest BCUT2D eigenvalue weighted by molar-refractivity contribution is 9.11. The summed E-state index contributed by atoms with van der Waals surface area (Å²) in [5, 5.41) is 14.0. The van der Waals surface area contributed by atoms with Crippen LogP contribution in [0, 0.1) is 0 Å². The molecule has 2 N–H and O–H groups in total. The number of amides is 2. The maximum absolute atomic E-state index is 12.5.